The molecule has 0 aliphatic carbocycles. The summed E-state index contributed by atoms with van der Waals surface area (Å²) in [6.45, 7) is 0. The fourth-order valence-corrected chi connectivity index (χ4v) is 2.77. The Hall–Kier alpha value is -1.22. The molecule has 3 nitrogen and oxygen atoms in total. The summed E-state index contributed by atoms with van der Waals surface area (Å²) in [6.07, 6.45) is 1.74. The van der Waals surface area contributed by atoms with Crippen molar-refractivity contribution in [2.24, 2.45) is 4.99 Å². The SMILES string of the molecule is O=C1OC(c2cccc(I)c2)=NC1=Cc1ccc(I)cc1. The van der Waals surface area contributed by atoms with Gasteiger partial charge in [-0.3, -0.25) is 0 Å². The number of ether oxygens (including phenoxy) is 1. The molecule has 0 radical (unpaired) electrons. The van der Waals surface area contributed by atoms with Crippen LogP contribution in [0, 0.1) is 7.14 Å². The first kappa shape index (κ1) is 14.7. The fraction of sp³-hybridized carbons (Fsp3) is 0. The molecule has 0 amide bonds. The van der Waals surface area contributed by atoms with E-state index >= 15 is 0 Å². The molecule has 0 aromatic heterocycles. The van der Waals surface area contributed by atoms with Crippen LogP contribution in [0.5, 0.6) is 0 Å². The Morgan fingerprint density at radius 3 is 2.48 bits per heavy atom. The van der Waals surface area contributed by atoms with Crippen LogP contribution in [0.25, 0.3) is 6.08 Å². The van der Waals surface area contributed by atoms with E-state index in [2.05, 4.69) is 50.2 Å². The third-order valence-electron chi connectivity index (χ3n) is 2.87. The van der Waals surface area contributed by atoms with Crippen molar-refractivity contribution in [3.05, 3.63) is 72.5 Å². The van der Waals surface area contributed by atoms with Crippen LogP contribution in [0.2, 0.25) is 0 Å². The number of rotatable bonds is 2. The first-order valence-corrected chi connectivity index (χ1v) is 8.32. The molecule has 0 spiro atoms. The Bertz CT molecular complexity index is 764. The number of cyclic esters (lactones) is 1. The van der Waals surface area contributed by atoms with E-state index in [-0.39, 0.29) is 0 Å². The Morgan fingerprint density at radius 1 is 1.00 bits per heavy atom. The van der Waals surface area contributed by atoms with Crippen molar-refractivity contribution in [2.45, 2.75) is 0 Å². The Kier molecular flexibility index (Phi) is 4.39. The summed E-state index contributed by atoms with van der Waals surface area (Å²) in [5, 5.41) is 0. The van der Waals surface area contributed by atoms with Crippen LogP contribution in [0.4, 0.5) is 0 Å². The van der Waals surface area contributed by atoms with Crippen LogP contribution in [-0.4, -0.2) is 11.9 Å². The number of carbonyl (C=O) groups excluding carboxylic acids is 1. The van der Waals surface area contributed by atoms with Gasteiger partial charge < -0.3 is 4.74 Å². The maximum absolute atomic E-state index is 11.9. The molecule has 0 fully saturated rings. The molecule has 104 valence electrons. The van der Waals surface area contributed by atoms with Gasteiger partial charge in [-0.25, -0.2) is 9.79 Å². The van der Waals surface area contributed by atoms with Crippen LogP contribution >= 0.6 is 45.2 Å². The number of hydrogen-bond donors (Lipinski definition) is 0. The molecule has 2 aromatic carbocycles. The number of carbonyl (C=O) groups is 1. The average molecular weight is 501 g/mol. The molecule has 0 unspecified atom stereocenters. The van der Waals surface area contributed by atoms with Gasteiger partial charge in [0.25, 0.3) is 0 Å². The number of esters is 1. The zero-order chi connectivity index (χ0) is 14.8. The zero-order valence-electron chi connectivity index (χ0n) is 10.7. The number of hydrogen-bond acceptors (Lipinski definition) is 3. The minimum Gasteiger partial charge on any atom is -0.402 e. The van der Waals surface area contributed by atoms with Gasteiger partial charge >= 0.3 is 5.97 Å². The van der Waals surface area contributed by atoms with Crippen LogP contribution in [-0.2, 0) is 9.53 Å². The molecule has 0 N–H and O–H groups in total. The smallest absolute Gasteiger partial charge is 0.363 e. The van der Waals surface area contributed by atoms with E-state index in [0.717, 1.165) is 18.3 Å². The second-order valence-corrected chi connectivity index (χ2v) is 6.89. The second kappa shape index (κ2) is 6.27. The van der Waals surface area contributed by atoms with Gasteiger partial charge in [-0.1, -0.05) is 18.2 Å². The lowest BCUT2D eigenvalue weighted by atomic mass is 10.2. The highest BCUT2D eigenvalue weighted by molar-refractivity contribution is 14.1. The number of benzene rings is 2. The van der Waals surface area contributed by atoms with Gasteiger partial charge in [0.05, 0.1) is 0 Å². The molecule has 1 heterocycles. The van der Waals surface area contributed by atoms with Gasteiger partial charge in [-0.05, 0) is 87.2 Å². The van der Waals surface area contributed by atoms with Crippen LogP contribution in [0.15, 0.2) is 59.2 Å². The number of halogens is 2. The molecule has 0 saturated carbocycles. The fourth-order valence-electron chi connectivity index (χ4n) is 1.87. The maximum atomic E-state index is 11.9. The lowest BCUT2D eigenvalue weighted by Gasteiger charge is -1.99. The van der Waals surface area contributed by atoms with Gasteiger partial charge in [0.15, 0.2) is 5.70 Å². The van der Waals surface area contributed by atoms with Gasteiger partial charge in [-0.15, -0.1) is 0 Å². The van der Waals surface area contributed by atoms with Crippen molar-refractivity contribution < 1.29 is 9.53 Å². The molecule has 5 heteroatoms. The quantitative estimate of drug-likeness (QED) is 0.351. The average Bonchev–Trinajstić information content (AvgIpc) is 2.83. The van der Waals surface area contributed by atoms with E-state index in [4.69, 9.17) is 4.74 Å². The second-order valence-electron chi connectivity index (χ2n) is 4.40. The van der Waals surface area contributed by atoms with Crippen molar-refractivity contribution in [3.8, 4) is 0 Å². The van der Waals surface area contributed by atoms with E-state index in [9.17, 15) is 4.79 Å². The lowest BCUT2D eigenvalue weighted by molar-refractivity contribution is -0.129. The first-order valence-electron chi connectivity index (χ1n) is 6.16. The highest BCUT2D eigenvalue weighted by Gasteiger charge is 2.24. The lowest BCUT2D eigenvalue weighted by Crippen LogP contribution is -2.05. The third kappa shape index (κ3) is 3.52. The molecule has 0 saturated heterocycles. The number of aliphatic imine (C=N–C) groups is 1. The Morgan fingerprint density at radius 2 is 1.76 bits per heavy atom. The minimum atomic E-state index is -0.414. The Balaban J connectivity index is 1.93. The monoisotopic (exact) mass is 501 g/mol. The van der Waals surface area contributed by atoms with Crippen molar-refractivity contribution >= 4 is 63.1 Å². The zero-order valence-corrected chi connectivity index (χ0v) is 15.0. The highest BCUT2D eigenvalue weighted by Crippen LogP contribution is 2.20. The van der Waals surface area contributed by atoms with Crippen molar-refractivity contribution in [1.29, 1.82) is 0 Å². The van der Waals surface area contributed by atoms with Crippen LogP contribution in [0.1, 0.15) is 11.1 Å². The van der Waals surface area contributed by atoms with E-state index in [1.807, 2.05) is 48.5 Å². The normalized spacial score (nSPS) is 16.0. The number of nitrogens with zero attached hydrogens (tertiary/aromatic N) is 1. The summed E-state index contributed by atoms with van der Waals surface area (Å²) in [7, 11) is 0. The summed E-state index contributed by atoms with van der Waals surface area (Å²) in [6, 6.07) is 15.6. The van der Waals surface area contributed by atoms with E-state index in [1.54, 1.807) is 6.08 Å². The molecule has 1 aliphatic rings. The topological polar surface area (TPSA) is 38.7 Å². The minimum absolute atomic E-state index is 0.324. The summed E-state index contributed by atoms with van der Waals surface area (Å²) in [5.41, 5.74) is 2.06. The van der Waals surface area contributed by atoms with E-state index in [0.29, 0.717) is 11.6 Å². The highest BCUT2D eigenvalue weighted by atomic mass is 127. The summed E-state index contributed by atoms with van der Waals surface area (Å²) in [5.74, 6) is -0.0577. The largest absolute Gasteiger partial charge is 0.402 e. The van der Waals surface area contributed by atoms with Crippen LogP contribution < -0.4 is 0 Å². The standard InChI is InChI=1S/C16H9I2NO2/c17-12-6-4-10(5-7-12)8-14-16(20)21-15(19-14)11-2-1-3-13(18)9-11/h1-9H. The Labute approximate surface area is 149 Å². The summed E-state index contributed by atoms with van der Waals surface area (Å²) >= 11 is 4.45. The predicted molar refractivity (Wildman–Crippen MR) is 98.9 cm³/mol. The van der Waals surface area contributed by atoms with Crippen molar-refractivity contribution in [2.75, 3.05) is 0 Å². The third-order valence-corrected chi connectivity index (χ3v) is 4.26. The molecule has 0 atom stereocenters. The van der Waals surface area contributed by atoms with Gasteiger partial charge in [0.1, 0.15) is 0 Å². The molecule has 0 bridgehead atoms. The molecular formula is C16H9I2NO2. The first-order chi connectivity index (χ1) is 10.1. The van der Waals surface area contributed by atoms with Gasteiger partial charge in [0, 0.05) is 12.7 Å². The van der Waals surface area contributed by atoms with Crippen molar-refractivity contribution in [3.63, 3.8) is 0 Å². The van der Waals surface area contributed by atoms with Crippen LogP contribution in [0.3, 0.4) is 0 Å². The maximum Gasteiger partial charge on any atom is 0.363 e. The van der Waals surface area contributed by atoms with E-state index < -0.39 is 5.97 Å². The molecule has 21 heavy (non-hydrogen) atoms. The molecule has 2 aromatic rings. The predicted octanol–water partition coefficient (Wildman–Crippen LogP) is 4.24. The molecular weight excluding hydrogens is 492 g/mol. The molecule has 1 aliphatic heterocycles. The van der Waals surface area contributed by atoms with E-state index in [1.165, 1.54) is 0 Å². The van der Waals surface area contributed by atoms with Crippen molar-refractivity contribution in [1.82, 2.24) is 0 Å². The summed E-state index contributed by atoms with van der Waals surface area (Å²) < 4.78 is 7.46. The summed E-state index contributed by atoms with van der Waals surface area (Å²) in [4.78, 5) is 16.2. The van der Waals surface area contributed by atoms with Gasteiger partial charge in [-0.2, -0.15) is 0 Å². The molecule has 3 rings (SSSR count). The van der Waals surface area contributed by atoms with Gasteiger partial charge in [0.2, 0.25) is 5.90 Å².